The summed E-state index contributed by atoms with van der Waals surface area (Å²) in [5, 5.41) is 30.7. The van der Waals surface area contributed by atoms with Crippen molar-refractivity contribution < 1.29 is 20.1 Å². The van der Waals surface area contributed by atoms with Crippen LogP contribution < -0.4 is 5.32 Å². The summed E-state index contributed by atoms with van der Waals surface area (Å²) < 4.78 is 0. The lowest BCUT2D eigenvalue weighted by molar-refractivity contribution is -0.142. The van der Waals surface area contributed by atoms with Crippen molar-refractivity contribution in [1.29, 1.82) is 0 Å². The Morgan fingerprint density at radius 3 is 2.28 bits per heavy atom. The normalized spacial score (nSPS) is 16.0. The zero-order valence-corrected chi connectivity index (χ0v) is 10.5. The van der Waals surface area contributed by atoms with Gasteiger partial charge in [0.05, 0.1) is 12.2 Å². The number of rotatable bonds is 6. The van der Waals surface area contributed by atoms with Crippen molar-refractivity contribution in [1.82, 2.24) is 5.32 Å². The Hall–Kier alpha value is -1.43. The summed E-state index contributed by atoms with van der Waals surface area (Å²) in [5.41, 5.74) is 1.80. The number of benzene rings is 1. The minimum absolute atomic E-state index is 0.0743. The standard InChI is InChI=1S/C13H19NO4/c1-8-3-5-10(6-4-8)11(16)7-14-12(9(2)15)13(17)18/h3-6,9,11-12,14-16H,7H2,1-2H3,(H,17,18). The van der Waals surface area contributed by atoms with Gasteiger partial charge in [-0.25, -0.2) is 0 Å². The van der Waals surface area contributed by atoms with E-state index >= 15 is 0 Å². The fourth-order valence-corrected chi connectivity index (χ4v) is 1.61. The predicted octanol–water partition coefficient (Wildman–Crippen LogP) is 0.452. The number of hydrogen-bond acceptors (Lipinski definition) is 4. The molecule has 3 atom stereocenters. The van der Waals surface area contributed by atoms with E-state index in [9.17, 15) is 15.0 Å². The maximum absolute atomic E-state index is 10.8. The molecule has 0 aromatic heterocycles. The van der Waals surface area contributed by atoms with Gasteiger partial charge in [-0.1, -0.05) is 29.8 Å². The number of carboxylic acids is 1. The molecule has 0 aliphatic carbocycles. The monoisotopic (exact) mass is 253 g/mol. The van der Waals surface area contributed by atoms with Crippen molar-refractivity contribution >= 4 is 5.97 Å². The molecular weight excluding hydrogens is 234 g/mol. The third-order valence-corrected chi connectivity index (χ3v) is 2.74. The van der Waals surface area contributed by atoms with Crippen LogP contribution in [0.4, 0.5) is 0 Å². The van der Waals surface area contributed by atoms with Crippen LogP contribution in [0.3, 0.4) is 0 Å². The van der Waals surface area contributed by atoms with Crippen molar-refractivity contribution in [2.45, 2.75) is 32.1 Å². The summed E-state index contributed by atoms with van der Waals surface area (Å²) in [7, 11) is 0. The molecule has 5 nitrogen and oxygen atoms in total. The lowest BCUT2D eigenvalue weighted by Gasteiger charge is -2.19. The molecule has 0 amide bonds. The van der Waals surface area contributed by atoms with Crippen LogP contribution in [-0.4, -0.2) is 40.0 Å². The van der Waals surface area contributed by atoms with Crippen LogP contribution in [0.1, 0.15) is 24.2 Å². The molecular formula is C13H19NO4. The van der Waals surface area contributed by atoms with Crippen LogP contribution in [0.5, 0.6) is 0 Å². The highest BCUT2D eigenvalue weighted by molar-refractivity contribution is 5.74. The summed E-state index contributed by atoms with van der Waals surface area (Å²) in [4.78, 5) is 10.8. The smallest absolute Gasteiger partial charge is 0.323 e. The SMILES string of the molecule is Cc1ccc(C(O)CNC(C(=O)O)C(C)O)cc1. The zero-order chi connectivity index (χ0) is 13.7. The van der Waals surface area contributed by atoms with E-state index < -0.39 is 24.2 Å². The molecule has 3 unspecified atom stereocenters. The second-order valence-electron chi connectivity index (χ2n) is 4.39. The fraction of sp³-hybridized carbons (Fsp3) is 0.462. The molecule has 18 heavy (non-hydrogen) atoms. The second-order valence-corrected chi connectivity index (χ2v) is 4.39. The van der Waals surface area contributed by atoms with Gasteiger partial charge in [-0.05, 0) is 19.4 Å². The number of carboxylic acid groups (broad SMARTS) is 1. The number of aryl methyl sites for hydroxylation is 1. The van der Waals surface area contributed by atoms with Crippen LogP contribution in [-0.2, 0) is 4.79 Å². The highest BCUT2D eigenvalue weighted by Crippen LogP contribution is 2.13. The van der Waals surface area contributed by atoms with Crippen molar-refractivity contribution in [3.05, 3.63) is 35.4 Å². The lowest BCUT2D eigenvalue weighted by Crippen LogP contribution is -2.46. The molecule has 0 heterocycles. The molecule has 1 aromatic carbocycles. The van der Waals surface area contributed by atoms with E-state index in [0.717, 1.165) is 5.56 Å². The molecule has 0 aliphatic rings. The minimum Gasteiger partial charge on any atom is -0.480 e. The van der Waals surface area contributed by atoms with Crippen molar-refractivity contribution in [3.8, 4) is 0 Å². The van der Waals surface area contributed by atoms with Gasteiger partial charge in [0, 0.05) is 6.54 Å². The first kappa shape index (κ1) is 14.6. The van der Waals surface area contributed by atoms with Gasteiger partial charge in [0.1, 0.15) is 6.04 Å². The average Bonchev–Trinajstić information content (AvgIpc) is 2.28. The maximum Gasteiger partial charge on any atom is 0.323 e. The summed E-state index contributed by atoms with van der Waals surface area (Å²) >= 11 is 0. The molecule has 0 spiro atoms. The molecule has 0 radical (unpaired) electrons. The van der Waals surface area contributed by atoms with Gasteiger partial charge in [-0.15, -0.1) is 0 Å². The Morgan fingerprint density at radius 1 is 1.28 bits per heavy atom. The van der Waals surface area contributed by atoms with Crippen LogP contribution >= 0.6 is 0 Å². The number of aliphatic carboxylic acids is 1. The Morgan fingerprint density at radius 2 is 1.83 bits per heavy atom. The summed E-state index contributed by atoms with van der Waals surface area (Å²) in [6.45, 7) is 3.41. The Labute approximate surface area is 106 Å². The average molecular weight is 253 g/mol. The Bertz CT molecular complexity index is 388. The largest absolute Gasteiger partial charge is 0.480 e. The van der Waals surface area contributed by atoms with E-state index in [-0.39, 0.29) is 6.54 Å². The molecule has 0 aliphatic heterocycles. The molecule has 0 bridgehead atoms. The topological polar surface area (TPSA) is 89.8 Å². The number of aliphatic hydroxyl groups is 2. The molecule has 1 rings (SSSR count). The van der Waals surface area contributed by atoms with Gasteiger partial charge in [-0.3, -0.25) is 10.1 Å². The van der Waals surface area contributed by atoms with Gasteiger partial charge in [0.25, 0.3) is 0 Å². The van der Waals surface area contributed by atoms with Crippen molar-refractivity contribution in [2.24, 2.45) is 0 Å². The minimum atomic E-state index is -1.14. The van der Waals surface area contributed by atoms with Gasteiger partial charge in [-0.2, -0.15) is 0 Å². The number of carbonyl (C=O) groups is 1. The van der Waals surface area contributed by atoms with E-state index in [1.807, 2.05) is 19.1 Å². The Kier molecular flexibility index (Phi) is 5.27. The third kappa shape index (κ3) is 4.10. The number of aliphatic hydroxyl groups excluding tert-OH is 2. The number of hydrogen-bond donors (Lipinski definition) is 4. The first-order valence-corrected chi connectivity index (χ1v) is 5.80. The zero-order valence-electron chi connectivity index (χ0n) is 10.5. The summed E-state index contributed by atoms with van der Waals surface area (Å²) in [6.07, 6.45) is -1.82. The first-order chi connectivity index (χ1) is 8.41. The van der Waals surface area contributed by atoms with Crippen LogP contribution in [0, 0.1) is 6.92 Å². The molecule has 0 fully saturated rings. The van der Waals surface area contributed by atoms with Gasteiger partial charge < -0.3 is 15.3 Å². The van der Waals surface area contributed by atoms with Gasteiger partial charge in [0.15, 0.2) is 0 Å². The van der Waals surface area contributed by atoms with E-state index in [0.29, 0.717) is 5.56 Å². The highest BCUT2D eigenvalue weighted by atomic mass is 16.4. The van der Waals surface area contributed by atoms with Crippen LogP contribution in [0.2, 0.25) is 0 Å². The van der Waals surface area contributed by atoms with Crippen LogP contribution in [0.15, 0.2) is 24.3 Å². The molecule has 0 saturated heterocycles. The van der Waals surface area contributed by atoms with Crippen molar-refractivity contribution in [3.63, 3.8) is 0 Å². The van der Waals surface area contributed by atoms with Gasteiger partial charge in [0.2, 0.25) is 0 Å². The molecule has 1 aromatic rings. The fourth-order valence-electron chi connectivity index (χ4n) is 1.61. The predicted molar refractivity (Wildman–Crippen MR) is 67.2 cm³/mol. The number of nitrogens with one attached hydrogen (secondary N) is 1. The van der Waals surface area contributed by atoms with E-state index in [2.05, 4.69) is 5.32 Å². The van der Waals surface area contributed by atoms with Crippen molar-refractivity contribution in [2.75, 3.05) is 6.54 Å². The van der Waals surface area contributed by atoms with E-state index in [4.69, 9.17) is 5.11 Å². The molecule has 0 saturated carbocycles. The second kappa shape index (κ2) is 6.49. The summed E-state index contributed by atoms with van der Waals surface area (Å²) in [6, 6.07) is 6.26. The molecule has 5 heteroatoms. The quantitative estimate of drug-likeness (QED) is 0.591. The van der Waals surface area contributed by atoms with Crippen LogP contribution in [0.25, 0.3) is 0 Å². The maximum atomic E-state index is 10.8. The lowest BCUT2D eigenvalue weighted by atomic mass is 10.1. The molecule has 100 valence electrons. The van der Waals surface area contributed by atoms with E-state index in [1.165, 1.54) is 6.92 Å². The highest BCUT2D eigenvalue weighted by Gasteiger charge is 2.23. The third-order valence-electron chi connectivity index (χ3n) is 2.74. The Balaban J connectivity index is 2.57. The first-order valence-electron chi connectivity index (χ1n) is 5.80. The van der Waals surface area contributed by atoms with Gasteiger partial charge >= 0.3 is 5.97 Å². The molecule has 4 N–H and O–H groups in total. The summed E-state index contributed by atoms with van der Waals surface area (Å²) in [5.74, 6) is -1.14. The van der Waals surface area contributed by atoms with E-state index in [1.54, 1.807) is 12.1 Å².